The molecule has 128 valence electrons. The zero-order valence-corrected chi connectivity index (χ0v) is 14.6. The van der Waals surface area contributed by atoms with Gasteiger partial charge in [0, 0.05) is 23.8 Å². The summed E-state index contributed by atoms with van der Waals surface area (Å²) in [7, 11) is 0. The average Bonchev–Trinajstić information content (AvgIpc) is 3.28. The molecule has 0 bridgehead atoms. The molecule has 3 aromatic rings. The first-order chi connectivity index (χ1) is 12.3. The molecule has 0 aliphatic heterocycles. The smallest absolute Gasteiger partial charge is 0.248 e. The molecule has 6 heteroatoms. The molecule has 1 fully saturated rings. The van der Waals surface area contributed by atoms with Crippen molar-refractivity contribution in [3.63, 3.8) is 0 Å². The maximum absolute atomic E-state index is 12.4. The van der Waals surface area contributed by atoms with E-state index in [1.54, 1.807) is 11.3 Å². The lowest BCUT2D eigenvalue weighted by atomic mass is 9.71. The minimum Gasteiger partial charge on any atom is -0.421 e. The molecule has 1 amide bonds. The fourth-order valence-electron chi connectivity index (χ4n) is 3.18. The number of nitrogens with one attached hydrogen (secondary N) is 1. The van der Waals surface area contributed by atoms with E-state index < -0.39 is 0 Å². The number of amides is 1. The first-order valence-corrected chi connectivity index (χ1v) is 9.41. The Hall–Kier alpha value is -2.47. The summed E-state index contributed by atoms with van der Waals surface area (Å²) in [6, 6.07) is 12.2. The zero-order valence-electron chi connectivity index (χ0n) is 13.8. The van der Waals surface area contributed by atoms with E-state index in [2.05, 4.69) is 27.6 Å². The van der Waals surface area contributed by atoms with Gasteiger partial charge in [-0.25, -0.2) is 0 Å². The maximum Gasteiger partial charge on any atom is 0.248 e. The molecule has 2 heterocycles. The number of hydrogen-bond donors (Lipinski definition) is 1. The minimum atomic E-state index is -0.199. The van der Waals surface area contributed by atoms with Crippen molar-refractivity contribution in [1.82, 2.24) is 15.5 Å². The van der Waals surface area contributed by atoms with Crippen molar-refractivity contribution in [1.29, 1.82) is 0 Å². The SMILES string of the molecule is O=C(CCc1nnc(-c2ccsc2)o1)NC1(c2ccccc2)CCC1. The van der Waals surface area contributed by atoms with Crippen molar-refractivity contribution >= 4 is 17.2 Å². The molecule has 1 saturated carbocycles. The van der Waals surface area contributed by atoms with E-state index in [9.17, 15) is 4.79 Å². The molecule has 0 unspecified atom stereocenters. The van der Waals surface area contributed by atoms with Gasteiger partial charge in [-0.1, -0.05) is 30.3 Å². The molecule has 5 nitrogen and oxygen atoms in total. The molecule has 2 aromatic heterocycles. The van der Waals surface area contributed by atoms with Crippen LogP contribution in [0.15, 0.2) is 51.6 Å². The lowest BCUT2D eigenvalue weighted by Gasteiger charge is -2.43. The van der Waals surface area contributed by atoms with Crippen molar-refractivity contribution in [3.05, 3.63) is 58.6 Å². The normalized spacial score (nSPS) is 15.5. The second-order valence-corrected chi connectivity index (χ2v) is 7.14. The quantitative estimate of drug-likeness (QED) is 0.729. The number of thiophene rings is 1. The van der Waals surface area contributed by atoms with E-state index >= 15 is 0 Å². The highest BCUT2D eigenvalue weighted by atomic mass is 32.1. The summed E-state index contributed by atoms with van der Waals surface area (Å²) in [6.07, 6.45) is 3.92. The molecule has 1 N–H and O–H groups in total. The van der Waals surface area contributed by atoms with Crippen LogP contribution < -0.4 is 5.32 Å². The Kier molecular flexibility index (Phi) is 4.36. The van der Waals surface area contributed by atoms with E-state index in [0.717, 1.165) is 24.8 Å². The van der Waals surface area contributed by atoms with E-state index in [0.29, 0.717) is 24.6 Å². The Balaban J connectivity index is 1.36. The van der Waals surface area contributed by atoms with Crippen LogP contribution in [0.5, 0.6) is 0 Å². The molecule has 25 heavy (non-hydrogen) atoms. The number of nitrogens with zero attached hydrogens (tertiary/aromatic N) is 2. The summed E-state index contributed by atoms with van der Waals surface area (Å²) in [5, 5.41) is 15.2. The summed E-state index contributed by atoms with van der Waals surface area (Å²) in [6.45, 7) is 0. The third-order valence-electron chi connectivity index (χ3n) is 4.71. The van der Waals surface area contributed by atoms with Gasteiger partial charge in [0.2, 0.25) is 17.7 Å². The lowest BCUT2D eigenvalue weighted by molar-refractivity contribution is -0.124. The summed E-state index contributed by atoms with van der Waals surface area (Å²) in [5.41, 5.74) is 1.91. The zero-order chi connectivity index (χ0) is 17.1. The Morgan fingerprint density at radius 1 is 1.20 bits per heavy atom. The van der Waals surface area contributed by atoms with E-state index in [4.69, 9.17) is 4.42 Å². The topological polar surface area (TPSA) is 68.0 Å². The first kappa shape index (κ1) is 16.0. The van der Waals surface area contributed by atoms with Gasteiger partial charge in [-0.2, -0.15) is 11.3 Å². The number of aromatic nitrogens is 2. The molecule has 4 rings (SSSR count). The van der Waals surface area contributed by atoms with Gasteiger partial charge in [0.15, 0.2) is 0 Å². The van der Waals surface area contributed by atoms with Crippen LogP contribution in [-0.2, 0) is 16.8 Å². The highest BCUT2D eigenvalue weighted by molar-refractivity contribution is 7.08. The van der Waals surface area contributed by atoms with Gasteiger partial charge in [-0.05, 0) is 36.3 Å². The van der Waals surface area contributed by atoms with E-state index in [1.165, 1.54) is 5.56 Å². The second kappa shape index (κ2) is 6.80. The summed E-state index contributed by atoms with van der Waals surface area (Å²) >= 11 is 1.58. The number of hydrogen-bond acceptors (Lipinski definition) is 5. The van der Waals surface area contributed by atoms with Crippen LogP contribution in [0.3, 0.4) is 0 Å². The molecule has 1 aromatic carbocycles. The van der Waals surface area contributed by atoms with Crippen LogP contribution in [0.1, 0.15) is 37.1 Å². The second-order valence-electron chi connectivity index (χ2n) is 6.36. The number of benzene rings is 1. The van der Waals surface area contributed by atoms with Gasteiger partial charge in [-0.3, -0.25) is 4.79 Å². The van der Waals surface area contributed by atoms with Crippen molar-refractivity contribution in [2.75, 3.05) is 0 Å². The molecule has 1 aliphatic rings. The van der Waals surface area contributed by atoms with Gasteiger partial charge >= 0.3 is 0 Å². The molecule has 0 radical (unpaired) electrons. The number of rotatable bonds is 6. The van der Waals surface area contributed by atoms with Gasteiger partial charge in [-0.15, -0.1) is 10.2 Å². The molecule has 0 atom stereocenters. The van der Waals surface area contributed by atoms with Gasteiger partial charge in [0.05, 0.1) is 5.54 Å². The highest BCUT2D eigenvalue weighted by Gasteiger charge is 2.39. The van der Waals surface area contributed by atoms with Crippen molar-refractivity contribution < 1.29 is 9.21 Å². The number of carbonyl (C=O) groups excluding carboxylic acids is 1. The number of carbonyl (C=O) groups is 1. The van der Waals surface area contributed by atoms with Gasteiger partial charge < -0.3 is 9.73 Å². The highest BCUT2D eigenvalue weighted by Crippen LogP contribution is 2.41. The van der Waals surface area contributed by atoms with Crippen LogP contribution in [0.25, 0.3) is 11.5 Å². The Morgan fingerprint density at radius 3 is 2.72 bits per heavy atom. The predicted molar refractivity (Wildman–Crippen MR) is 96.0 cm³/mol. The lowest BCUT2D eigenvalue weighted by Crippen LogP contribution is -2.50. The average molecular weight is 353 g/mol. The maximum atomic E-state index is 12.4. The van der Waals surface area contributed by atoms with Crippen molar-refractivity contribution in [3.8, 4) is 11.5 Å². The molecule has 1 aliphatic carbocycles. The van der Waals surface area contributed by atoms with Gasteiger partial charge in [0.1, 0.15) is 0 Å². The minimum absolute atomic E-state index is 0.0267. The Morgan fingerprint density at radius 2 is 2.04 bits per heavy atom. The van der Waals surface area contributed by atoms with Crippen LogP contribution in [0.4, 0.5) is 0 Å². The van der Waals surface area contributed by atoms with Crippen molar-refractivity contribution in [2.24, 2.45) is 0 Å². The Bertz CT molecular complexity index is 839. The Labute approximate surface area is 150 Å². The molecular weight excluding hydrogens is 334 g/mol. The molecule has 0 saturated heterocycles. The van der Waals surface area contributed by atoms with Crippen LogP contribution in [-0.4, -0.2) is 16.1 Å². The predicted octanol–water partition coefficient (Wildman–Crippen LogP) is 3.93. The molecular formula is C19H19N3O2S. The first-order valence-electron chi connectivity index (χ1n) is 8.47. The van der Waals surface area contributed by atoms with E-state index in [1.807, 2.05) is 35.0 Å². The fraction of sp³-hybridized carbons (Fsp3) is 0.316. The summed E-state index contributed by atoms with van der Waals surface area (Å²) in [4.78, 5) is 12.4. The molecule has 0 spiro atoms. The van der Waals surface area contributed by atoms with Crippen molar-refractivity contribution in [2.45, 2.75) is 37.6 Å². The van der Waals surface area contributed by atoms with Crippen LogP contribution in [0.2, 0.25) is 0 Å². The third kappa shape index (κ3) is 3.35. The van der Waals surface area contributed by atoms with Gasteiger partial charge in [0.25, 0.3) is 0 Å². The summed E-state index contributed by atoms with van der Waals surface area (Å²) < 4.78 is 5.64. The van der Waals surface area contributed by atoms with Crippen LogP contribution in [0, 0.1) is 0 Å². The fourth-order valence-corrected chi connectivity index (χ4v) is 3.81. The standard InChI is InChI=1S/C19H19N3O2S/c23-16(20-19(10-4-11-19)15-5-2-1-3-6-15)7-8-17-21-22-18(24-17)14-9-12-25-13-14/h1-3,5-6,9,12-13H,4,7-8,10-11H2,(H,20,23). The van der Waals surface area contributed by atoms with Crippen LogP contribution >= 0.6 is 11.3 Å². The largest absolute Gasteiger partial charge is 0.421 e. The van der Waals surface area contributed by atoms with E-state index in [-0.39, 0.29) is 11.4 Å². The third-order valence-corrected chi connectivity index (χ3v) is 5.40. The number of aryl methyl sites for hydroxylation is 1. The monoisotopic (exact) mass is 353 g/mol. The summed E-state index contributed by atoms with van der Waals surface area (Å²) in [5.74, 6) is 1.04.